The van der Waals surface area contributed by atoms with Crippen molar-refractivity contribution < 1.29 is 0 Å². The molecule has 0 aromatic heterocycles. The van der Waals surface area contributed by atoms with Gasteiger partial charge in [-0.05, 0) is 58.7 Å². The minimum Gasteiger partial charge on any atom is -0.301 e. The predicted octanol–water partition coefficient (Wildman–Crippen LogP) is 2.59. The Balaban J connectivity index is 1.77. The van der Waals surface area contributed by atoms with E-state index < -0.39 is 0 Å². The Morgan fingerprint density at radius 1 is 1.06 bits per heavy atom. The van der Waals surface area contributed by atoms with Gasteiger partial charge in [-0.1, -0.05) is 13.3 Å². The van der Waals surface area contributed by atoms with Crippen molar-refractivity contribution in [2.75, 3.05) is 26.2 Å². The Bertz CT molecular complexity index is 207. The molecule has 16 heavy (non-hydrogen) atoms. The highest BCUT2D eigenvalue weighted by Crippen LogP contribution is 2.26. The minimum absolute atomic E-state index is 0.739. The maximum Gasteiger partial charge on any atom is 0.0120 e. The van der Waals surface area contributed by atoms with Crippen LogP contribution in [0.4, 0.5) is 0 Å². The molecule has 0 bridgehead atoms. The van der Waals surface area contributed by atoms with E-state index in [-0.39, 0.29) is 0 Å². The van der Waals surface area contributed by atoms with Gasteiger partial charge < -0.3 is 9.80 Å². The standard InChI is InChI=1S/C14H28N2/c1-4-13-5-8-16(11-13)14-6-9-15(10-7-14)12(2)3/h12-14H,4-11H2,1-3H3. The van der Waals surface area contributed by atoms with Crippen LogP contribution < -0.4 is 0 Å². The molecule has 2 rings (SSSR count). The molecular weight excluding hydrogens is 196 g/mol. The average Bonchev–Trinajstić information content (AvgIpc) is 2.77. The lowest BCUT2D eigenvalue weighted by atomic mass is 10.0. The molecule has 2 heterocycles. The summed E-state index contributed by atoms with van der Waals surface area (Å²) in [5.41, 5.74) is 0. The fourth-order valence-electron chi connectivity index (χ4n) is 3.29. The van der Waals surface area contributed by atoms with Crippen LogP contribution in [0.3, 0.4) is 0 Å². The van der Waals surface area contributed by atoms with E-state index in [1.165, 1.54) is 51.9 Å². The van der Waals surface area contributed by atoms with Crippen LogP contribution in [-0.4, -0.2) is 48.1 Å². The number of hydrogen-bond donors (Lipinski definition) is 0. The van der Waals surface area contributed by atoms with E-state index >= 15 is 0 Å². The highest BCUT2D eigenvalue weighted by atomic mass is 15.2. The summed E-state index contributed by atoms with van der Waals surface area (Å²) in [7, 11) is 0. The highest BCUT2D eigenvalue weighted by Gasteiger charge is 2.30. The van der Waals surface area contributed by atoms with Crippen molar-refractivity contribution in [1.82, 2.24) is 9.80 Å². The summed E-state index contributed by atoms with van der Waals surface area (Å²) in [6.45, 7) is 12.4. The summed E-state index contributed by atoms with van der Waals surface area (Å²) in [4.78, 5) is 5.40. The lowest BCUT2D eigenvalue weighted by Gasteiger charge is -2.38. The molecule has 1 atom stereocenters. The van der Waals surface area contributed by atoms with Crippen molar-refractivity contribution in [2.24, 2.45) is 5.92 Å². The van der Waals surface area contributed by atoms with Gasteiger partial charge in [0.15, 0.2) is 0 Å². The van der Waals surface area contributed by atoms with Crippen LogP contribution in [0.5, 0.6) is 0 Å². The molecule has 2 aliphatic rings. The molecule has 2 saturated heterocycles. The molecule has 2 fully saturated rings. The van der Waals surface area contributed by atoms with Gasteiger partial charge in [0.25, 0.3) is 0 Å². The first-order valence-electron chi connectivity index (χ1n) is 7.18. The molecule has 0 aromatic rings. The summed E-state index contributed by atoms with van der Waals surface area (Å²) < 4.78 is 0. The lowest BCUT2D eigenvalue weighted by molar-refractivity contribution is 0.105. The number of hydrogen-bond acceptors (Lipinski definition) is 2. The summed E-state index contributed by atoms with van der Waals surface area (Å²) in [5, 5.41) is 0. The second-order valence-corrected chi connectivity index (χ2v) is 5.92. The van der Waals surface area contributed by atoms with E-state index in [9.17, 15) is 0 Å². The monoisotopic (exact) mass is 224 g/mol. The third kappa shape index (κ3) is 2.78. The highest BCUT2D eigenvalue weighted by molar-refractivity contribution is 4.85. The summed E-state index contributed by atoms with van der Waals surface area (Å²) in [6.07, 6.45) is 5.62. The van der Waals surface area contributed by atoms with Gasteiger partial charge in [-0.15, -0.1) is 0 Å². The van der Waals surface area contributed by atoms with Gasteiger partial charge in [0.05, 0.1) is 0 Å². The Morgan fingerprint density at radius 2 is 1.75 bits per heavy atom. The molecule has 0 radical (unpaired) electrons. The van der Waals surface area contributed by atoms with Crippen LogP contribution in [0.25, 0.3) is 0 Å². The number of piperidine rings is 1. The van der Waals surface area contributed by atoms with Crippen LogP contribution in [0.15, 0.2) is 0 Å². The second kappa shape index (κ2) is 5.50. The van der Waals surface area contributed by atoms with Crippen molar-refractivity contribution in [2.45, 2.75) is 58.5 Å². The lowest BCUT2D eigenvalue weighted by Crippen LogP contribution is -2.46. The predicted molar refractivity (Wildman–Crippen MR) is 69.7 cm³/mol. The van der Waals surface area contributed by atoms with E-state index in [1.54, 1.807) is 0 Å². The SMILES string of the molecule is CCC1CCN(C2CCN(C(C)C)CC2)C1. The smallest absolute Gasteiger partial charge is 0.0120 e. The molecule has 2 nitrogen and oxygen atoms in total. The number of rotatable bonds is 3. The first kappa shape index (κ1) is 12.4. The normalized spacial score (nSPS) is 30.4. The number of nitrogens with zero attached hydrogens (tertiary/aromatic N) is 2. The van der Waals surface area contributed by atoms with E-state index in [1.807, 2.05) is 0 Å². The quantitative estimate of drug-likeness (QED) is 0.727. The maximum absolute atomic E-state index is 2.77. The van der Waals surface area contributed by atoms with Gasteiger partial charge in [0.1, 0.15) is 0 Å². The molecule has 2 heteroatoms. The average molecular weight is 224 g/mol. The largest absolute Gasteiger partial charge is 0.301 e. The first-order chi connectivity index (χ1) is 7.70. The Morgan fingerprint density at radius 3 is 2.25 bits per heavy atom. The van der Waals surface area contributed by atoms with Crippen molar-refractivity contribution in [3.05, 3.63) is 0 Å². The minimum atomic E-state index is 0.739. The van der Waals surface area contributed by atoms with Crippen LogP contribution in [0.1, 0.15) is 46.5 Å². The summed E-state index contributed by atoms with van der Waals surface area (Å²) >= 11 is 0. The molecule has 0 spiro atoms. The molecule has 94 valence electrons. The topological polar surface area (TPSA) is 6.48 Å². The van der Waals surface area contributed by atoms with Crippen LogP contribution >= 0.6 is 0 Å². The molecule has 0 aliphatic carbocycles. The zero-order valence-electron chi connectivity index (χ0n) is 11.3. The van der Waals surface area contributed by atoms with Gasteiger partial charge in [0.2, 0.25) is 0 Å². The van der Waals surface area contributed by atoms with Gasteiger partial charge in [-0.3, -0.25) is 0 Å². The second-order valence-electron chi connectivity index (χ2n) is 5.92. The zero-order valence-corrected chi connectivity index (χ0v) is 11.3. The molecule has 0 saturated carbocycles. The molecule has 0 aromatic carbocycles. The Labute approximate surface area is 101 Å². The van der Waals surface area contributed by atoms with E-state index in [2.05, 4.69) is 30.6 Å². The zero-order chi connectivity index (χ0) is 11.5. The molecule has 0 N–H and O–H groups in total. The van der Waals surface area contributed by atoms with Gasteiger partial charge in [-0.2, -0.15) is 0 Å². The molecular formula is C14H28N2. The van der Waals surface area contributed by atoms with E-state index in [0.29, 0.717) is 0 Å². The summed E-state index contributed by atoms with van der Waals surface area (Å²) in [6, 6.07) is 1.63. The molecule has 0 amide bonds. The van der Waals surface area contributed by atoms with Crippen LogP contribution in [0.2, 0.25) is 0 Å². The van der Waals surface area contributed by atoms with E-state index in [4.69, 9.17) is 0 Å². The van der Waals surface area contributed by atoms with Crippen molar-refractivity contribution in [3.8, 4) is 0 Å². The number of likely N-dealkylation sites (tertiary alicyclic amines) is 2. The van der Waals surface area contributed by atoms with Gasteiger partial charge in [0, 0.05) is 18.6 Å². The van der Waals surface area contributed by atoms with Gasteiger partial charge in [-0.25, -0.2) is 0 Å². The van der Waals surface area contributed by atoms with Crippen LogP contribution in [0, 0.1) is 5.92 Å². The van der Waals surface area contributed by atoms with Gasteiger partial charge >= 0.3 is 0 Å². The molecule has 2 aliphatic heterocycles. The Kier molecular flexibility index (Phi) is 4.26. The maximum atomic E-state index is 2.77. The fourth-order valence-corrected chi connectivity index (χ4v) is 3.29. The molecule has 1 unspecified atom stereocenters. The van der Waals surface area contributed by atoms with Crippen molar-refractivity contribution in [1.29, 1.82) is 0 Å². The van der Waals surface area contributed by atoms with E-state index in [0.717, 1.165) is 18.0 Å². The third-order valence-electron chi connectivity index (χ3n) is 4.64. The first-order valence-corrected chi connectivity index (χ1v) is 7.18. The summed E-state index contributed by atoms with van der Waals surface area (Å²) in [5.74, 6) is 0.989. The third-order valence-corrected chi connectivity index (χ3v) is 4.64. The van der Waals surface area contributed by atoms with Crippen molar-refractivity contribution >= 4 is 0 Å². The van der Waals surface area contributed by atoms with Crippen LogP contribution in [-0.2, 0) is 0 Å². The Hall–Kier alpha value is -0.0800. The fraction of sp³-hybridized carbons (Fsp3) is 1.00. The van der Waals surface area contributed by atoms with Crippen molar-refractivity contribution in [3.63, 3.8) is 0 Å².